The van der Waals surface area contributed by atoms with Gasteiger partial charge in [0.15, 0.2) is 0 Å². The van der Waals surface area contributed by atoms with Gasteiger partial charge in [-0.3, -0.25) is 9.88 Å². The zero-order chi connectivity index (χ0) is 17.8. The van der Waals surface area contributed by atoms with Crippen LogP contribution in [-0.4, -0.2) is 32.1 Å². The summed E-state index contributed by atoms with van der Waals surface area (Å²) in [5.74, 6) is 1.63. The molecule has 0 aliphatic heterocycles. The highest BCUT2D eigenvalue weighted by Crippen LogP contribution is 2.19. The van der Waals surface area contributed by atoms with E-state index in [9.17, 15) is 0 Å². The maximum atomic E-state index is 5.57. The third kappa shape index (κ3) is 3.68. The van der Waals surface area contributed by atoms with Crippen LogP contribution in [0.3, 0.4) is 0 Å². The van der Waals surface area contributed by atoms with Crippen LogP contribution in [0.25, 0.3) is 23.0 Å². The Morgan fingerprint density at radius 2 is 1.81 bits per heavy atom. The van der Waals surface area contributed by atoms with Crippen molar-refractivity contribution >= 4 is 0 Å². The van der Waals surface area contributed by atoms with Gasteiger partial charge in [0, 0.05) is 18.3 Å². The number of oxazole rings is 1. The first-order valence-electron chi connectivity index (χ1n) is 8.20. The van der Waals surface area contributed by atoms with E-state index in [2.05, 4.69) is 20.1 Å². The number of benzene rings is 1. The van der Waals surface area contributed by atoms with Crippen LogP contribution in [0.4, 0.5) is 0 Å². The molecule has 4 rings (SSSR count). The molecule has 0 aliphatic rings. The maximum absolute atomic E-state index is 5.57. The predicted molar refractivity (Wildman–Crippen MR) is 94.6 cm³/mol. The standard InChI is InChI=1S/C19H17N5O2/c1-24(11-15-13-25-19(21-15)14-7-3-2-4-8-14)12-17-22-18(23-26-17)16-9-5-6-10-20-16/h2-10,13H,11-12H2,1H3. The molecule has 0 atom stereocenters. The predicted octanol–water partition coefficient (Wildman–Crippen LogP) is 3.42. The molecule has 3 heterocycles. The zero-order valence-electron chi connectivity index (χ0n) is 14.2. The normalized spacial score (nSPS) is 11.2. The molecule has 130 valence electrons. The quantitative estimate of drug-likeness (QED) is 0.528. The highest BCUT2D eigenvalue weighted by molar-refractivity contribution is 5.52. The van der Waals surface area contributed by atoms with Crippen molar-refractivity contribution in [3.8, 4) is 23.0 Å². The summed E-state index contributed by atoms with van der Waals surface area (Å²) in [7, 11) is 1.96. The Morgan fingerprint density at radius 3 is 2.62 bits per heavy atom. The van der Waals surface area contributed by atoms with Crippen molar-refractivity contribution in [3.63, 3.8) is 0 Å². The second kappa shape index (κ2) is 7.28. The third-order valence-corrected chi connectivity index (χ3v) is 3.77. The van der Waals surface area contributed by atoms with Crippen LogP contribution in [0.2, 0.25) is 0 Å². The Hall–Kier alpha value is -3.32. The number of hydrogen-bond acceptors (Lipinski definition) is 7. The number of aromatic nitrogens is 4. The van der Waals surface area contributed by atoms with E-state index in [1.54, 1.807) is 12.5 Å². The van der Waals surface area contributed by atoms with Crippen molar-refractivity contribution in [2.75, 3.05) is 7.05 Å². The first kappa shape index (κ1) is 16.2. The molecule has 0 saturated heterocycles. The number of nitrogens with zero attached hydrogens (tertiary/aromatic N) is 5. The van der Waals surface area contributed by atoms with Gasteiger partial charge in [0.25, 0.3) is 0 Å². The van der Waals surface area contributed by atoms with Crippen LogP contribution in [-0.2, 0) is 13.1 Å². The van der Waals surface area contributed by atoms with Crippen LogP contribution >= 0.6 is 0 Å². The highest BCUT2D eigenvalue weighted by Gasteiger charge is 2.13. The summed E-state index contributed by atoms with van der Waals surface area (Å²) in [6, 6.07) is 15.4. The Balaban J connectivity index is 1.40. The summed E-state index contributed by atoms with van der Waals surface area (Å²) in [6.45, 7) is 1.12. The Bertz CT molecular complexity index is 886. The first-order chi connectivity index (χ1) is 12.8. The number of rotatable bonds is 6. The molecule has 1 aromatic carbocycles. The van der Waals surface area contributed by atoms with Gasteiger partial charge in [0.05, 0.1) is 12.2 Å². The summed E-state index contributed by atoms with van der Waals surface area (Å²) < 4.78 is 10.9. The zero-order valence-corrected chi connectivity index (χ0v) is 14.2. The van der Waals surface area contributed by atoms with Gasteiger partial charge in [0.2, 0.25) is 17.6 Å². The first-order valence-corrected chi connectivity index (χ1v) is 8.20. The number of hydrogen-bond donors (Lipinski definition) is 0. The Kier molecular flexibility index (Phi) is 4.53. The summed E-state index contributed by atoms with van der Waals surface area (Å²) in [5.41, 5.74) is 2.49. The average molecular weight is 347 g/mol. The minimum absolute atomic E-state index is 0.488. The van der Waals surface area contributed by atoms with Crippen molar-refractivity contribution in [2.24, 2.45) is 0 Å². The molecule has 0 aliphatic carbocycles. The smallest absolute Gasteiger partial charge is 0.241 e. The summed E-state index contributed by atoms with van der Waals surface area (Å²) in [6.07, 6.45) is 3.37. The molecule has 3 aromatic heterocycles. The van der Waals surface area contributed by atoms with Crippen molar-refractivity contribution in [3.05, 3.63) is 72.6 Å². The van der Waals surface area contributed by atoms with E-state index in [-0.39, 0.29) is 0 Å². The lowest BCUT2D eigenvalue weighted by Gasteiger charge is -2.11. The lowest BCUT2D eigenvalue weighted by Crippen LogP contribution is -2.17. The van der Waals surface area contributed by atoms with E-state index in [1.165, 1.54) is 0 Å². The molecule has 7 nitrogen and oxygen atoms in total. The van der Waals surface area contributed by atoms with Gasteiger partial charge in [-0.05, 0) is 31.3 Å². The van der Waals surface area contributed by atoms with Crippen LogP contribution in [0, 0.1) is 0 Å². The molecule has 0 radical (unpaired) electrons. The van der Waals surface area contributed by atoms with Crippen LogP contribution in [0.15, 0.2) is 69.9 Å². The molecule has 0 amide bonds. The SMILES string of the molecule is CN(Cc1coc(-c2ccccc2)n1)Cc1nc(-c2ccccn2)no1. The molecule has 0 bridgehead atoms. The van der Waals surface area contributed by atoms with Crippen molar-refractivity contribution in [2.45, 2.75) is 13.1 Å². The van der Waals surface area contributed by atoms with E-state index >= 15 is 0 Å². The number of pyridine rings is 1. The molecule has 26 heavy (non-hydrogen) atoms. The van der Waals surface area contributed by atoms with E-state index in [1.807, 2.05) is 60.5 Å². The summed E-state index contributed by atoms with van der Waals surface area (Å²) >= 11 is 0. The van der Waals surface area contributed by atoms with Crippen LogP contribution < -0.4 is 0 Å². The van der Waals surface area contributed by atoms with Gasteiger partial charge in [-0.2, -0.15) is 4.98 Å². The molecular formula is C19H17N5O2. The van der Waals surface area contributed by atoms with Gasteiger partial charge in [0.1, 0.15) is 12.0 Å². The molecule has 7 heteroatoms. The van der Waals surface area contributed by atoms with E-state index < -0.39 is 0 Å². The summed E-state index contributed by atoms with van der Waals surface area (Å²) in [4.78, 5) is 15.2. The lowest BCUT2D eigenvalue weighted by atomic mass is 10.2. The Morgan fingerprint density at radius 1 is 0.962 bits per heavy atom. The minimum atomic E-state index is 0.488. The monoisotopic (exact) mass is 347 g/mol. The van der Waals surface area contributed by atoms with Crippen LogP contribution in [0.5, 0.6) is 0 Å². The molecule has 0 unspecified atom stereocenters. The van der Waals surface area contributed by atoms with E-state index in [0.717, 1.165) is 11.3 Å². The molecule has 4 aromatic rings. The third-order valence-electron chi connectivity index (χ3n) is 3.77. The fourth-order valence-electron chi connectivity index (χ4n) is 2.57. The van der Waals surface area contributed by atoms with Gasteiger partial charge < -0.3 is 8.94 Å². The van der Waals surface area contributed by atoms with Gasteiger partial charge in [-0.25, -0.2) is 4.98 Å². The van der Waals surface area contributed by atoms with Gasteiger partial charge in [-0.1, -0.05) is 29.4 Å². The summed E-state index contributed by atoms with van der Waals surface area (Å²) in [5, 5.41) is 3.98. The van der Waals surface area contributed by atoms with Gasteiger partial charge in [-0.15, -0.1) is 0 Å². The van der Waals surface area contributed by atoms with Crippen molar-refractivity contribution in [1.29, 1.82) is 0 Å². The second-order valence-corrected chi connectivity index (χ2v) is 5.91. The molecule has 0 saturated carbocycles. The highest BCUT2D eigenvalue weighted by atomic mass is 16.5. The van der Waals surface area contributed by atoms with Crippen molar-refractivity contribution < 1.29 is 8.94 Å². The fraction of sp³-hybridized carbons (Fsp3) is 0.158. The largest absolute Gasteiger partial charge is 0.444 e. The van der Waals surface area contributed by atoms with Crippen LogP contribution in [0.1, 0.15) is 11.6 Å². The minimum Gasteiger partial charge on any atom is -0.444 e. The molecule has 0 fully saturated rings. The van der Waals surface area contributed by atoms with E-state index in [0.29, 0.717) is 36.4 Å². The fourth-order valence-corrected chi connectivity index (χ4v) is 2.57. The molecule has 0 N–H and O–H groups in total. The lowest BCUT2D eigenvalue weighted by molar-refractivity contribution is 0.258. The van der Waals surface area contributed by atoms with Crippen molar-refractivity contribution in [1.82, 2.24) is 25.0 Å². The maximum Gasteiger partial charge on any atom is 0.241 e. The Labute approximate surface area is 150 Å². The molecule has 0 spiro atoms. The topological polar surface area (TPSA) is 81.1 Å². The van der Waals surface area contributed by atoms with E-state index in [4.69, 9.17) is 8.94 Å². The average Bonchev–Trinajstić information content (AvgIpc) is 3.33. The van der Waals surface area contributed by atoms with Gasteiger partial charge >= 0.3 is 0 Å². The molecular weight excluding hydrogens is 330 g/mol. The second-order valence-electron chi connectivity index (χ2n) is 5.91.